The van der Waals surface area contributed by atoms with Crippen molar-refractivity contribution in [1.29, 1.82) is 0 Å². The van der Waals surface area contributed by atoms with Gasteiger partial charge in [0.05, 0.1) is 0 Å². The number of hydrogen-bond acceptors (Lipinski definition) is 3. The van der Waals surface area contributed by atoms with Crippen LogP contribution in [0.5, 0.6) is 0 Å². The summed E-state index contributed by atoms with van der Waals surface area (Å²) in [5.41, 5.74) is 6.62. The number of piperazine rings is 1. The van der Waals surface area contributed by atoms with Crippen LogP contribution >= 0.6 is 0 Å². The van der Waals surface area contributed by atoms with Crippen molar-refractivity contribution in [3.63, 3.8) is 0 Å². The van der Waals surface area contributed by atoms with Crippen LogP contribution in [0.25, 0.3) is 0 Å². The van der Waals surface area contributed by atoms with E-state index in [2.05, 4.69) is 36.9 Å². The summed E-state index contributed by atoms with van der Waals surface area (Å²) in [6.45, 7) is 7.44. The summed E-state index contributed by atoms with van der Waals surface area (Å²) in [6, 6.07) is 12.1. The second-order valence-corrected chi connectivity index (χ2v) is 7.79. The van der Waals surface area contributed by atoms with Gasteiger partial charge in [-0.1, -0.05) is 12.1 Å². The van der Waals surface area contributed by atoms with Gasteiger partial charge in [0.25, 0.3) is 5.91 Å². The van der Waals surface area contributed by atoms with E-state index >= 15 is 0 Å². The smallest absolute Gasteiger partial charge is 0.253 e. The molecule has 5 nitrogen and oxygen atoms in total. The number of benzene rings is 2. The lowest BCUT2D eigenvalue weighted by Crippen LogP contribution is -2.49. The van der Waals surface area contributed by atoms with Crippen molar-refractivity contribution in [3.8, 4) is 0 Å². The van der Waals surface area contributed by atoms with Crippen molar-refractivity contribution >= 4 is 23.2 Å². The number of nitrogens with zero attached hydrogens (tertiary/aromatic N) is 3. The first-order valence-corrected chi connectivity index (χ1v) is 9.95. The highest BCUT2D eigenvalue weighted by Gasteiger charge is 2.26. The molecular weight excluding hydrogens is 350 g/mol. The van der Waals surface area contributed by atoms with Gasteiger partial charge >= 0.3 is 0 Å². The van der Waals surface area contributed by atoms with Crippen LogP contribution in [0.4, 0.5) is 11.4 Å². The van der Waals surface area contributed by atoms with Crippen molar-refractivity contribution in [1.82, 2.24) is 4.90 Å². The van der Waals surface area contributed by atoms with E-state index in [-0.39, 0.29) is 11.8 Å². The monoisotopic (exact) mass is 377 g/mol. The highest BCUT2D eigenvalue weighted by atomic mass is 16.2. The first kappa shape index (κ1) is 18.5. The molecule has 28 heavy (non-hydrogen) atoms. The van der Waals surface area contributed by atoms with Crippen LogP contribution in [-0.2, 0) is 11.2 Å². The number of amides is 2. The summed E-state index contributed by atoms with van der Waals surface area (Å²) >= 11 is 0. The quantitative estimate of drug-likeness (QED) is 0.807. The molecule has 2 aromatic carbocycles. The summed E-state index contributed by atoms with van der Waals surface area (Å²) < 4.78 is 0. The maximum Gasteiger partial charge on any atom is 0.253 e. The van der Waals surface area contributed by atoms with Gasteiger partial charge in [-0.25, -0.2) is 0 Å². The molecule has 1 saturated heterocycles. The Bertz CT molecular complexity index is 929. The Hall–Kier alpha value is -2.82. The molecule has 0 radical (unpaired) electrons. The molecule has 2 heterocycles. The maximum absolute atomic E-state index is 13.0. The third-order valence-electron chi connectivity index (χ3n) is 6.15. The minimum absolute atomic E-state index is 0.0861. The molecule has 1 fully saturated rings. The van der Waals surface area contributed by atoms with Gasteiger partial charge in [0.1, 0.15) is 0 Å². The van der Waals surface area contributed by atoms with Crippen molar-refractivity contribution in [2.24, 2.45) is 0 Å². The molecule has 0 aromatic heterocycles. The Morgan fingerprint density at radius 2 is 1.68 bits per heavy atom. The van der Waals surface area contributed by atoms with Crippen LogP contribution in [0.1, 0.15) is 33.5 Å². The average Bonchev–Trinajstić information content (AvgIpc) is 2.72. The highest BCUT2D eigenvalue weighted by molar-refractivity contribution is 5.99. The molecule has 0 saturated carbocycles. The van der Waals surface area contributed by atoms with Crippen LogP contribution < -0.4 is 9.80 Å². The summed E-state index contributed by atoms with van der Waals surface area (Å²) in [7, 11) is 1.80. The Kier molecular flexibility index (Phi) is 4.84. The summed E-state index contributed by atoms with van der Waals surface area (Å²) in [6.07, 6.45) is 1.22. The number of rotatable bonds is 2. The molecule has 2 aromatic rings. The van der Waals surface area contributed by atoms with Crippen LogP contribution in [-0.4, -0.2) is 49.9 Å². The zero-order valence-corrected chi connectivity index (χ0v) is 16.9. The Labute approximate surface area is 166 Å². The third kappa shape index (κ3) is 3.26. The molecule has 0 unspecified atom stereocenters. The number of aryl methyl sites for hydroxylation is 2. The Morgan fingerprint density at radius 3 is 2.43 bits per heavy atom. The molecule has 2 amide bonds. The second kappa shape index (κ2) is 7.30. The van der Waals surface area contributed by atoms with E-state index < -0.39 is 0 Å². The molecule has 0 aliphatic carbocycles. The molecule has 4 rings (SSSR count). The molecule has 2 aliphatic heterocycles. The fourth-order valence-electron chi connectivity index (χ4n) is 4.20. The first-order valence-electron chi connectivity index (χ1n) is 9.95. The van der Waals surface area contributed by atoms with Gasteiger partial charge in [-0.3, -0.25) is 9.59 Å². The lowest BCUT2D eigenvalue weighted by molar-refractivity contribution is -0.118. The topological polar surface area (TPSA) is 43.9 Å². The van der Waals surface area contributed by atoms with Crippen LogP contribution in [0.15, 0.2) is 36.4 Å². The predicted molar refractivity (Wildman–Crippen MR) is 112 cm³/mol. The molecule has 5 heteroatoms. The molecule has 0 spiro atoms. The van der Waals surface area contributed by atoms with Gasteiger partial charge in [0.2, 0.25) is 5.91 Å². The lowest BCUT2D eigenvalue weighted by Gasteiger charge is -2.37. The predicted octanol–water partition coefficient (Wildman–Crippen LogP) is 3.17. The van der Waals surface area contributed by atoms with Gasteiger partial charge in [-0.15, -0.1) is 0 Å². The van der Waals surface area contributed by atoms with Crippen molar-refractivity contribution in [3.05, 3.63) is 58.7 Å². The van der Waals surface area contributed by atoms with E-state index in [1.165, 1.54) is 16.8 Å². The van der Waals surface area contributed by atoms with Crippen molar-refractivity contribution in [2.45, 2.75) is 26.7 Å². The SMILES string of the molecule is Cc1cccc(N2CCN(C(=O)c3ccc4c(c3)CCC(=O)N4C)CC2)c1C. The maximum atomic E-state index is 13.0. The standard InChI is InChI=1S/C23H27N3O2/c1-16-5-4-6-20(17(16)2)25-11-13-26(14-12-25)23(28)19-7-9-21-18(15-19)8-10-22(27)24(21)3/h4-7,9,15H,8,10-14H2,1-3H3. The van der Waals surface area contributed by atoms with E-state index in [1.807, 2.05) is 23.1 Å². The van der Waals surface area contributed by atoms with E-state index in [0.29, 0.717) is 12.8 Å². The fraction of sp³-hybridized carbons (Fsp3) is 0.391. The van der Waals surface area contributed by atoms with Crippen LogP contribution in [0.3, 0.4) is 0 Å². The molecule has 146 valence electrons. The second-order valence-electron chi connectivity index (χ2n) is 7.79. The number of carbonyl (C=O) groups excluding carboxylic acids is 2. The van der Waals surface area contributed by atoms with Crippen LogP contribution in [0.2, 0.25) is 0 Å². The van der Waals surface area contributed by atoms with E-state index in [0.717, 1.165) is 43.0 Å². The first-order chi connectivity index (χ1) is 13.5. The number of anilines is 2. The van der Waals surface area contributed by atoms with E-state index in [1.54, 1.807) is 11.9 Å². The minimum atomic E-state index is 0.0861. The average molecular weight is 377 g/mol. The number of carbonyl (C=O) groups is 2. The number of hydrogen-bond donors (Lipinski definition) is 0. The zero-order chi connectivity index (χ0) is 19.8. The fourth-order valence-corrected chi connectivity index (χ4v) is 4.20. The molecular formula is C23H27N3O2. The minimum Gasteiger partial charge on any atom is -0.368 e. The van der Waals surface area contributed by atoms with Crippen molar-refractivity contribution < 1.29 is 9.59 Å². The molecule has 2 aliphatic rings. The largest absolute Gasteiger partial charge is 0.368 e. The third-order valence-corrected chi connectivity index (χ3v) is 6.15. The molecule has 0 atom stereocenters. The van der Waals surface area contributed by atoms with E-state index in [4.69, 9.17) is 0 Å². The Morgan fingerprint density at radius 1 is 0.929 bits per heavy atom. The Balaban J connectivity index is 1.46. The van der Waals surface area contributed by atoms with Crippen LogP contribution in [0, 0.1) is 13.8 Å². The van der Waals surface area contributed by atoms with Gasteiger partial charge in [0, 0.05) is 56.6 Å². The zero-order valence-electron chi connectivity index (χ0n) is 16.9. The van der Waals surface area contributed by atoms with Gasteiger partial charge in [-0.2, -0.15) is 0 Å². The lowest BCUT2D eigenvalue weighted by atomic mass is 9.98. The van der Waals surface area contributed by atoms with Gasteiger partial charge < -0.3 is 14.7 Å². The normalized spacial score (nSPS) is 17.0. The summed E-state index contributed by atoms with van der Waals surface area (Å²) in [5.74, 6) is 0.220. The van der Waals surface area contributed by atoms with Crippen molar-refractivity contribution in [2.75, 3.05) is 43.0 Å². The highest BCUT2D eigenvalue weighted by Crippen LogP contribution is 2.28. The number of fused-ring (bicyclic) bond motifs is 1. The molecule has 0 bridgehead atoms. The summed E-state index contributed by atoms with van der Waals surface area (Å²) in [5, 5.41) is 0. The molecule has 0 N–H and O–H groups in total. The van der Waals surface area contributed by atoms with Gasteiger partial charge in [-0.05, 0) is 61.2 Å². The van der Waals surface area contributed by atoms with Gasteiger partial charge in [0.15, 0.2) is 0 Å². The summed E-state index contributed by atoms with van der Waals surface area (Å²) in [4.78, 5) is 30.9. The van der Waals surface area contributed by atoms with E-state index in [9.17, 15) is 9.59 Å².